The van der Waals surface area contributed by atoms with Gasteiger partial charge < -0.3 is 10.2 Å². The van der Waals surface area contributed by atoms with Crippen LogP contribution in [0.25, 0.3) is 10.4 Å². The molecule has 0 aliphatic rings. The molecule has 0 unspecified atom stereocenters. The molecule has 0 spiro atoms. The van der Waals surface area contributed by atoms with Gasteiger partial charge in [-0.15, -0.1) is 16.9 Å². The number of carbonyl (C=O) groups is 2. The SMILES string of the molecule is O=C(O)c1ccsc1C(=O)O.[N-]=[N+]=N. The van der Waals surface area contributed by atoms with Crippen LogP contribution in [0.2, 0.25) is 0 Å². The molecule has 0 aromatic carbocycles. The molecule has 1 rings (SSSR count). The minimum atomic E-state index is -1.20. The highest BCUT2D eigenvalue weighted by atomic mass is 32.1. The summed E-state index contributed by atoms with van der Waals surface area (Å²) in [5, 5.41) is 18.3. The highest BCUT2D eigenvalue weighted by Crippen LogP contribution is 2.16. The zero-order chi connectivity index (χ0) is 11.1. The summed E-state index contributed by atoms with van der Waals surface area (Å²) in [7, 11) is 0. The van der Waals surface area contributed by atoms with E-state index in [4.69, 9.17) is 21.3 Å². The van der Waals surface area contributed by atoms with Crippen molar-refractivity contribution in [2.75, 3.05) is 0 Å². The van der Waals surface area contributed by atoms with Crippen molar-refractivity contribution in [3.63, 3.8) is 0 Å². The average molecular weight is 215 g/mol. The Morgan fingerprint density at radius 2 is 1.93 bits per heavy atom. The molecule has 0 aliphatic heterocycles. The standard InChI is InChI=1S/C6H4O4S.HN3/c7-5(8)3-1-2-11-4(3)6(9)10;1-3-2/h1-2H,(H,7,8)(H,9,10);1H. The van der Waals surface area contributed by atoms with E-state index >= 15 is 0 Å². The number of carboxylic acids is 2. The summed E-state index contributed by atoms with van der Waals surface area (Å²) in [6.45, 7) is 0. The summed E-state index contributed by atoms with van der Waals surface area (Å²) in [6.07, 6.45) is 0. The van der Waals surface area contributed by atoms with Crippen LogP contribution in [0.4, 0.5) is 0 Å². The van der Waals surface area contributed by atoms with Gasteiger partial charge in [-0.1, -0.05) is 0 Å². The molecule has 74 valence electrons. The van der Waals surface area contributed by atoms with Crippen molar-refractivity contribution in [3.8, 4) is 0 Å². The molecule has 0 fully saturated rings. The van der Waals surface area contributed by atoms with Gasteiger partial charge in [0.1, 0.15) is 4.88 Å². The van der Waals surface area contributed by atoms with Crippen molar-refractivity contribution in [1.29, 1.82) is 5.53 Å². The van der Waals surface area contributed by atoms with Crippen LogP contribution in [0.1, 0.15) is 20.0 Å². The molecule has 14 heavy (non-hydrogen) atoms. The second kappa shape index (κ2) is 5.57. The minimum Gasteiger partial charge on any atom is -0.478 e. The number of nitrogens with one attached hydrogen (secondary N) is 1. The molecule has 3 N–H and O–H groups in total. The first-order valence-electron chi connectivity index (χ1n) is 3.09. The van der Waals surface area contributed by atoms with Gasteiger partial charge in [0, 0.05) is 0 Å². The van der Waals surface area contributed by atoms with E-state index in [1.165, 1.54) is 11.4 Å². The van der Waals surface area contributed by atoms with Crippen molar-refractivity contribution < 1.29 is 19.8 Å². The Balaban J connectivity index is 0.000000500. The summed E-state index contributed by atoms with van der Waals surface area (Å²) < 4.78 is 0. The summed E-state index contributed by atoms with van der Waals surface area (Å²) in [5.74, 6) is -2.40. The molecule has 0 saturated carbocycles. The van der Waals surface area contributed by atoms with Crippen LogP contribution in [0, 0.1) is 5.53 Å². The van der Waals surface area contributed by atoms with Gasteiger partial charge >= 0.3 is 11.9 Å². The number of hydrogen-bond donors (Lipinski definition) is 3. The van der Waals surface area contributed by atoms with Gasteiger partial charge in [0.15, 0.2) is 0 Å². The quantitative estimate of drug-likeness (QED) is 0.395. The van der Waals surface area contributed by atoms with Gasteiger partial charge in [-0.05, 0) is 21.9 Å². The van der Waals surface area contributed by atoms with Crippen LogP contribution in [0.3, 0.4) is 0 Å². The van der Waals surface area contributed by atoms with Crippen molar-refractivity contribution in [1.82, 2.24) is 0 Å². The Hall–Kier alpha value is -2.05. The maximum atomic E-state index is 10.3. The predicted molar refractivity (Wildman–Crippen MR) is 47.7 cm³/mol. The van der Waals surface area contributed by atoms with Crippen LogP contribution in [-0.4, -0.2) is 22.2 Å². The van der Waals surface area contributed by atoms with Crippen LogP contribution in [-0.2, 0) is 0 Å². The average Bonchev–Trinajstić information content (AvgIpc) is 2.52. The topological polar surface area (TPSA) is 135 Å². The zero-order valence-electron chi connectivity index (χ0n) is 6.67. The summed E-state index contributed by atoms with van der Waals surface area (Å²) in [4.78, 5) is 22.3. The van der Waals surface area contributed by atoms with Gasteiger partial charge in [0.25, 0.3) is 0 Å². The summed E-state index contributed by atoms with van der Waals surface area (Å²) >= 11 is 0.906. The lowest BCUT2D eigenvalue weighted by Crippen LogP contribution is -2.03. The van der Waals surface area contributed by atoms with Gasteiger partial charge in [-0.25, -0.2) is 9.59 Å². The Morgan fingerprint density at radius 1 is 1.43 bits per heavy atom. The zero-order valence-corrected chi connectivity index (χ0v) is 7.48. The van der Waals surface area contributed by atoms with E-state index in [1.807, 2.05) is 0 Å². The van der Waals surface area contributed by atoms with E-state index in [2.05, 4.69) is 0 Å². The molecule has 1 aromatic heterocycles. The second-order valence-corrected chi connectivity index (χ2v) is 2.79. The predicted octanol–water partition coefficient (Wildman–Crippen LogP) is 2.02. The smallest absolute Gasteiger partial charge is 0.346 e. The first-order valence-corrected chi connectivity index (χ1v) is 3.97. The third-order valence-electron chi connectivity index (χ3n) is 1.09. The number of rotatable bonds is 2. The van der Waals surface area contributed by atoms with E-state index < -0.39 is 11.9 Å². The minimum absolute atomic E-state index is 0.127. The third-order valence-corrected chi connectivity index (χ3v) is 1.99. The van der Waals surface area contributed by atoms with E-state index in [9.17, 15) is 9.59 Å². The maximum absolute atomic E-state index is 10.3. The third kappa shape index (κ3) is 3.13. The van der Waals surface area contributed by atoms with Crippen molar-refractivity contribution in [2.45, 2.75) is 0 Å². The van der Waals surface area contributed by atoms with Crippen LogP contribution < -0.4 is 0 Å². The molecular formula is C6H5N3O4S. The molecule has 7 nitrogen and oxygen atoms in total. The first kappa shape index (κ1) is 11.9. The molecule has 0 aliphatic carbocycles. The van der Waals surface area contributed by atoms with Crippen LogP contribution >= 0.6 is 11.3 Å². The molecule has 0 bridgehead atoms. The van der Waals surface area contributed by atoms with E-state index in [1.54, 1.807) is 4.91 Å². The Labute approximate surface area is 81.6 Å². The Bertz CT molecular complexity index is 352. The molecule has 0 atom stereocenters. The lowest BCUT2D eigenvalue weighted by Gasteiger charge is -1.89. The van der Waals surface area contributed by atoms with E-state index in [0.29, 0.717) is 0 Å². The first-order chi connectivity index (χ1) is 6.54. The normalized spacial score (nSPS) is 8.00. The van der Waals surface area contributed by atoms with E-state index in [-0.39, 0.29) is 10.4 Å². The fraction of sp³-hybridized carbons (Fsp3) is 0. The number of nitrogens with zero attached hydrogens (tertiary/aromatic N) is 2. The largest absolute Gasteiger partial charge is 0.478 e. The second-order valence-electron chi connectivity index (χ2n) is 1.87. The number of aromatic carboxylic acids is 2. The molecule has 8 heteroatoms. The van der Waals surface area contributed by atoms with Crippen molar-refractivity contribution >= 4 is 23.3 Å². The summed E-state index contributed by atoms with van der Waals surface area (Å²) in [6, 6.07) is 1.27. The van der Waals surface area contributed by atoms with Crippen LogP contribution in [0.5, 0.6) is 0 Å². The lowest BCUT2D eigenvalue weighted by molar-refractivity contribution is 0.0656. The number of carboxylic acid groups (broad SMARTS) is 2. The summed E-state index contributed by atoms with van der Waals surface area (Å²) in [5.41, 5.74) is 12.1. The molecular weight excluding hydrogens is 210 g/mol. The fourth-order valence-electron chi connectivity index (χ4n) is 0.643. The van der Waals surface area contributed by atoms with Gasteiger partial charge in [-0.2, -0.15) is 0 Å². The monoisotopic (exact) mass is 215 g/mol. The van der Waals surface area contributed by atoms with Gasteiger partial charge in [-0.3, -0.25) is 0 Å². The van der Waals surface area contributed by atoms with Gasteiger partial charge in [0.2, 0.25) is 0 Å². The fourth-order valence-corrected chi connectivity index (χ4v) is 1.37. The molecule has 0 amide bonds. The molecule has 0 saturated heterocycles. The van der Waals surface area contributed by atoms with Crippen LogP contribution in [0.15, 0.2) is 11.4 Å². The van der Waals surface area contributed by atoms with Crippen molar-refractivity contribution in [2.24, 2.45) is 0 Å². The molecule has 1 aromatic rings. The maximum Gasteiger partial charge on any atom is 0.346 e. The Kier molecular flexibility index (Phi) is 4.76. The lowest BCUT2D eigenvalue weighted by atomic mass is 10.2. The number of thiophene rings is 1. The van der Waals surface area contributed by atoms with E-state index in [0.717, 1.165) is 11.3 Å². The van der Waals surface area contributed by atoms with Gasteiger partial charge in [0.05, 0.1) is 5.56 Å². The Morgan fingerprint density at radius 3 is 2.21 bits per heavy atom. The highest BCUT2D eigenvalue weighted by molar-refractivity contribution is 7.12. The molecule has 1 heterocycles. The highest BCUT2D eigenvalue weighted by Gasteiger charge is 2.16. The number of hydrogen-bond acceptors (Lipinski definition) is 4. The van der Waals surface area contributed by atoms with Crippen molar-refractivity contribution in [3.05, 3.63) is 32.3 Å². The molecule has 0 radical (unpaired) electrons.